The molecule has 2 heteroatoms. The lowest BCUT2D eigenvalue weighted by molar-refractivity contribution is 0.101. The van der Waals surface area contributed by atoms with E-state index in [1.54, 1.807) is 0 Å². The van der Waals surface area contributed by atoms with Gasteiger partial charge < -0.3 is 5.11 Å². The Morgan fingerprint density at radius 3 is 1.77 bits per heavy atom. The molecule has 4 aromatic carbocycles. The van der Waals surface area contributed by atoms with Gasteiger partial charge in [0.25, 0.3) is 0 Å². The molecule has 1 aliphatic rings. The minimum Gasteiger partial charge on any atom is -0.386 e. The molecule has 1 saturated heterocycles. The first-order valence-electron chi connectivity index (χ1n) is 10.5. The third kappa shape index (κ3) is 3.15. The van der Waals surface area contributed by atoms with Crippen LogP contribution in [0.2, 0.25) is 0 Å². The van der Waals surface area contributed by atoms with Gasteiger partial charge in [-0.1, -0.05) is 121 Å². The summed E-state index contributed by atoms with van der Waals surface area (Å²) in [6, 6.07) is 41.7. The predicted molar refractivity (Wildman–Crippen MR) is 121 cm³/mol. The van der Waals surface area contributed by atoms with Crippen LogP contribution >= 0.6 is 0 Å². The van der Waals surface area contributed by atoms with Crippen LogP contribution in [0.25, 0.3) is 0 Å². The van der Waals surface area contributed by atoms with Gasteiger partial charge >= 0.3 is 0 Å². The van der Waals surface area contributed by atoms with Gasteiger partial charge in [0, 0.05) is 6.54 Å². The smallest absolute Gasteiger partial charge is 0.103 e. The van der Waals surface area contributed by atoms with Gasteiger partial charge in [0.2, 0.25) is 0 Å². The molecule has 0 radical (unpaired) electrons. The van der Waals surface area contributed by atoms with Crippen molar-refractivity contribution in [3.63, 3.8) is 0 Å². The van der Waals surface area contributed by atoms with E-state index in [2.05, 4.69) is 77.7 Å². The Bertz CT molecular complexity index is 1080. The zero-order valence-electron chi connectivity index (χ0n) is 16.8. The molecule has 1 unspecified atom stereocenters. The van der Waals surface area contributed by atoms with Gasteiger partial charge in [0.15, 0.2) is 0 Å². The van der Waals surface area contributed by atoms with Crippen molar-refractivity contribution in [3.05, 3.63) is 144 Å². The van der Waals surface area contributed by atoms with Gasteiger partial charge in [-0.05, 0) is 22.3 Å². The zero-order chi connectivity index (χ0) is 20.4. The maximum absolute atomic E-state index is 11.8. The van der Waals surface area contributed by atoms with Crippen molar-refractivity contribution in [1.29, 1.82) is 0 Å². The van der Waals surface area contributed by atoms with Crippen molar-refractivity contribution in [3.8, 4) is 0 Å². The highest BCUT2D eigenvalue weighted by Crippen LogP contribution is 2.66. The Hall–Kier alpha value is -3.20. The highest BCUT2D eigenvalue weighted by atomic mass is 16.3. The molecule has 1 fully saturated rings. The van der Waals surface area contributed by atoms with Gasteiger partial charge in [-0.3, -0.25) is 4.90 Å². The fraction of sp³-hybridized carbons (Fsp3) is 0.143. The van der Waals surface area contributed by atoms with E-state index in [-0.39, 0.29) is 6.04 Å². The number of rotatable bonds is 6. The van der Waals surface area contributed by atoms with Crippen molar-refractivity contribution in [2.75, 3.05) is 0 Å². The van der Waals surface area contributed by atoms with Crippen LogP contribution in [-0.4, -0.2) is 10.0 Å². The second-order valence-electron chi connectivity index (χ2n) is 7.93. The van der Waals surface area contributed by atoms with Gasteiger partial charge in [-0.25, -0.2) is 0 Å². The summed E-state index contributed by atoms with van der Waals surface area (Å²) < 4.78 is 0. The second kappa shape index (κ2) is 7.91. The van der Waals surface area contributed by atoms with Gasteiger partial charge in [-0.15, -0.1) is 0 Å². The van der Waals surface area contributed by atoms with Crippen molar-refractivity contribution < 1.29 is 5.11 Å². The number of aliphatic hydroxyl groups excluding tert-OH is 1. The summed E-state index contributed by atoms with van der Waals surface area (Å²) in [5, 5.41) is 11.8. The van der Waals surface area contributed by atoms with E-state index in [9.17, 15) is 5.11 Å². The van der Waals surface area contributed by atoms with Crippen LogP contribution in [-0.2, 0) is 12.1 Å². The fourth-order valence-electron chi connectivity index (χ4n) is 4.82. The summed E-state index contributed by atoms with van der Waals surface area (Å²) in [6.07, 6.45) is -0.644. The molecule has 1 heterocycles. The molecule has 0 aliphatic carbocycles. The first-order valence-corrected chi connectivity index (χ1v) is 10.5. The molecule has 5 rings (SSSR count). The molecule has 0 amide bonds. The lowest BCUT2D eigenvalue weighted by Crippen LogP contribution is -2.25. The maximum Gasteiger partial charge on any atom is 0.103 e. The lowest BCUT2D eigenvalue weighted by Gasteiger charge is -2.26. The van der Waals surface area contributed by atoms with Crippen LogP contribution in [0.4, 0.5) is 0 Å². The Morgan fingerprint density at radius 1 is 0.667 bits per heavy atom. The van der Waals surface area contributed by atoms with Gasteiger partial charge in [-0.2, -0.15) is 0 Å². The van der Waals surface area contributed by atoms with E-state index in [4.69, 9.17) is 0 Å². The molecule has 4 aromatic rings. The monoisotopic (exact) mass is 391 g/mol. The summed E-state index contributed by atoms with van der Waals surface area (Å²) in [4.78, 5) is 2.44. The standard InChI is InChI=1S/C28H25NO/c30-27(24-17-9-3-10-18-24)28(25-19-11-4-12-20-25)26(23-15-7-2-8-16-23)29(28)21-22-13-5-1-6-14-22/h1-20,26-27,30H,21H2/t26-,27+,28+,29?/m0/s1. The SMILES string of the molecule is O[C@H](c1ccccc1)[C@@]1(c2ccccc2)[C@H](c2ccccc2)N1Cc1ccccc1. The average molecular weight is 392 g/mol. The summed E-state index contributed by atoms with van der Waals surface area (Å²) in [6.45, 7) is 0.777. The number of aliphatic hydroxyl groups is 1. The highest BCUT2D eigenvalue weighted by molar-refractivity contribution is 5.45. The van der Waals surface area contributed by atoms with Crippen LogP contribution < -0.4 is 0 Å². The van der Waals surface area contributed by atoms with E-state index in [0.29, 0.717) is 0 Å². The molecular formula is C28H25NO. The largest absolute Gasteiger partial charge is 0.386 e. The minimum atomic E-state index is -0.644. The van der Waals surface area contributed by atoms with E-state index in [0.717, 1.165) is 17.7 Å². The highest BCUT2D eigenvalue weighted by Gasteiger charge is 2.67. The maximum atomic E-state index is 11.8. The van der Waals surface area contributed by atoms with Crippen molar-refractivity contribution in [1.82, 2.24) is 4.90 Å². The summed E-state index contributed by atoms with van der Waals surface area (Å²) in [5.74, 6) is 0. The van der Waals surface area contributed by atoms with E-state index < -0.39 is 11.6 Å². The molecule has 0 aromatic heterocycles. The second-order valence-corrected chi connectivity index (χ2v) is 7.93. The van der Waals surface area contributed by atoms with Crippen LogP contribution in [0.15, 0.2) is 121 Å². The van der Waals surface area contributed by atoms with Crippen LogP contribution in [0.1, 0.15) is 34.4 Å². The molecular weight excluding hydrogens is 366 g/mol. The van der Waals surface area contributed by atoms with Gasteiger partial charge in [0.1, 0.15) is 6.10 Å². The first-order chi connectivity index (χ1) is 14.8. The summed E-state index contributed by atoms with van der Waals surface area (Å²) >= 11 is 0. The Balaban J connectivity index is 1.66. The van der Waals surface area contributed by atoms with Gasteiger partial charge in [0.05, 0.1) is 11.6 Å². The van der Waals surface area contributed by atoms with Crippen molar-refractivity contribution >= 4 is 0 Å². The minimum absolute atomic E-state index is 0.0940. The summed E-state index contributed by atoms with van der Waals surface area (Å²) in [7, 11) is 0. The molecule has 2 nitrogen and oxygen atoms in total. The normalized spacial score (nSPS) is 23.6. The van der Waals surface area contributed by atoms with Crippen molar-refractivity contribution in [2.45, 2.75) is 24.2 Å². The number of nitrogens with zero attached hydrogens (tertiary/aromatic N) is 1. The van der Waals surface area contributed by atoms with E-state index in [1.807, 2.05) is 48.5 Å². The van der Waals surface area contributed by atoms with Crippen LogP contribution in [0.3, 0.4) is 0 Å². The summed E-state index contributed by atoms with van der Waals surface area (Å²) in [5.41, 5.74) is 4.05. The van der Waals surface area contributed by atoms with E-state index in [1.165, 1.54) is 11.1 Å². The number of hydrogen-bond acceptors (Lipinski definition) is 2. The lowest BCUT2D eigenvalue weighted by atomic mass is 9.83. The predicted octanol–water partition coefficient (Wildman–Crippen LogP) is 5.87. The Kier molecular flexibility index (Phi) is 4.96. The average Bonchev–Trinajstić information content (AvgIpc) is 3.49. The molecule has 1 N–H and O–H groups in total. The number of hydrogen-bond donors (Lipinski definition) is 1. The Morgan fingerprint density at radius 2 is 1.17 bits per heavy atom. The molecule has 30 heavy (non-hydrogen) atoms. The topological polar surface area (TPSA) is 23.2 Å². The molecule has 148 valence electrons. The Labute approximate surface area is 178 Å². The molecule has 0 bridgehead atoms. The van der Waals surface area contributed by atoms with Crippen LogP contribution in [0.5, 0.6) is 0 Å². The fourth-order valence-corrected chi connectivity index (χ4v) is 4.82. The van der Waals surface area contributed by atoms with Crippen molar-refractivity contribution in [2.24, 2.45) is 0 Å². The third-order valence-electron chi connectivity index (χ3n) is 6.22. The first kappa shape index (κ1) is 18.8. The zero-order valence-corrected chi connectivity index (χ0v) is 16.8. The molecule has 0 spiro atoms. The quantitative estimate of drug-likeness (QED) is 0.415. The van der Waals surface area contributed by atoms with Crippen LogP contribution in [0, 0.1) is 0 Å². The van der Waals surface area contributed by atoms with E-state index >= 15 is 0 Å². The molecule has 0 saturated carbocycles. The molecule has 1 aliphatic heterocycles. The number of benzene rings is 4. The third-order valence-corrected chi connectivity index (χ3v) is 6.22. The molecule has 4 atom stereocenters.